The number of hydrogen-bond acceptors (Lipinski definition) is 5. The molecule has 4 rings (SSSR count). The number of carbonyl (C=O) groups is 2. The molecule has 2 aromatic heterocycles. The van der Waals surface area contributed by atoms with Crippen LogP contribution in [0, 0.1) is 5.82 Å². The topological polar surface area (TPSA) is 105 Å². The molecule has 0 bridgehead atoms. The number of nitrogens with one attached hydrogen (secondary N) is 2. The molecule has 31 heavy (non-hydrogen) atoms. The summed E-state index contributed by atoms with van der Waals surface area (Å²) in [6, 6.07) is 7.65. The fraction of sp³-hybridized carbons (Fsp3) is 0.333. The third-order valence-electron chi connectivity index (χ3n) is 5.39. The molecule has 3 aromatic rings. The quantitative estimate of drug-likeness (QED) is 0.652. The maximum atomic E-state index is 13.7. The van der Waals surface area contributed by atoms with Crippen LogP contribution in [0.4, 0.5) is 10.1 Å². The maximum absolute atomic E-state index is 13.7. The molecule has 0 saturated carbocycles. The largest absolute Gasteiger partial charge is 0.479 e. The van der Waals surface area contributed by atoms with E-state index in [1.807, 2.05) is 0 Å². The van der Waals surface area contributed by atoms with Crippen LogP contribution in [0.15, 0.2) is 36.5 Å². The molecule has 1 saturated heterocycles. The summed E-state index contributed by atoms with van der Waals surface area (Å²) < 4.78 is 20.5. The molecule has 3 heterocycles. The number of hydrogen-bond donors (Lipinski definition) is 2. The number of halogens is 1. The highest BCUT2D eigenvalue weighted by molar-refractivity contribution is 6.03. The number of H-pyrrole nitrogens is 1. The van der Waals surface area contributed by atoms with Gasteiger partial charge in [0, 0.05) is 37.9 Å². The minimum atomic E-state index is -0.506. The van der Waals surface area contributed by atoms with Crippen molar-refractivity contribution in [1.29, 1.82) is 0 Å². The van der Waals surface area contributed by atoms with Crippen LogP contribution >= 0.6 is 0 Å². The average Bonchev–Trinajstić information content (AvgIpc) is 3.42. The van der Waals surface area contributed by atoms with Crippen molar-refractivity contribution < 1.29 is 18.7 Å². The molecular formula is C21H23FN6O3. The van der Waals surface area contributed by atoms with Crippen molar-refractivity contribution in [1.82, 2.24) is 24.9 Å². The Morgan fingerprint density at radius 2 is 2.00 bits per heavy atom. The molecule has 1 fully saturated rings. The monoisotopic (exact) mass is 426 g/mol. The lowest BCUT2D eigenvalue weighted by Crippen LogP contribution is -2.38. The van der Waals surface area contributed by atoms with E-state index in [1.54, 1.807) is 41.0 Å². The highest BCUT2D eigenvalue weighted by Crippen LogP contribution is 2.29. The number of para-hydroxylation sites is 1. The third-order valence-corrected chi connectivity index (χ3v) is 5.39. The number of piperidine rings is 1. The Balaban J connectivity index is 1.37. The van der Waals surface area contributed by atoms with E-state index in [2.05, 4.69) is 20.6 Å². The molecule has 2 amide bonds. The van der Waals surface area contributed by atoms with Crippen molar-refractivity contribution in [2.75, 3.05) is 25.5 Å². The van der Waals surface area contributed by atoms with Gasteiger partial charge in [0.2, 0.25) is 5.88 Å². The highest BCUT2D eigenvalue weighted by atomic mass is 19.1. The minimum Gasteiger partial charge on any atom is -0.479 e. The average molecular weight is 426 g/mol. The standard InChI is InChI=1S/C21H23FN6O3/c1-27-12-14(20(26-27)31-2)21(30)28-9-7-13(8-10-28)17-11-18(25-24-17)19(29)23-16-6-4-3-5-15(16)22/h3-6,11-13H,7-10H2,1-2H3,(H,23,29)(H,24,25). The number of anilines is 1. The SMILES string of the molecule is COc1nn(C)cc1C(=O)N1CCC(c2cc(C(=O)Nc3ccccc3F)n[nH]2)CC1. The smallest absolute Gasteiger partial charge is 0.276 e. The van der Waals surface area contributed by atoms with Crippen molar-refractivity contribution in [3.63, 3.8) is 0 Å². The molecule has 1 aliphatic rings. The lowest BCUT2D eigenvalue weighted by atomic mass is 9.93. The molecule has 162 valence electrons. The van der Waals surface area contributed by atoms with Gasteiger partial charge in [-0.2, -0.15) is 5.10 Å². The Hall–Kier alpha value is -3.69. The van der Waals surface area contributed by atoms with Gasteiger partial charge in [0.15, 0.2) is 5.69 Å². The Morgan fingerprint density at radius 3 is 2.71 bits per heavy atom. The number of rotatable bonds is 5. The number of aromatic nitrogens is 4. The van der Waals surface area contributed by atoms with Gasteiger partial charge < -0.3 is 15.0 Å². The first-order valence-corrected chi connectivity index (χ1v) is 9.94. The first-order valence-electron chi connectivity index (χ1n) is 9.94. The summed E-state index contributed by atoms with van der Waals surface area (Å²) in [4.78, 5) is 27.0. The van der Waals surface area contributed by atoms with Gasteiger partial charge in [0.05, 0.1) is 12.8 Å². The second-order valence-electron chi connectivity index (χ2n) is 7.43. The molecule has 0 radical (unpaired) electrons. The zero-order chi connectivity index (χ0) is 22.0. The summed E-state index contributed by atoms with van der Waals surface area (Å²) in [6.07, 6.45) is 3.11. The zero-order valence-electron chi connectivity index (χ0n) is 17.3. The van der Waals surface area contributed by atoms with E-state index in [0.29, 0.717) is 24.5 Å². The van der Waals surface area contributed by atoms with E-state index >= 15 is 0 Å². The fourth-order valence-electron chi connectivity index (χ4n) is 3.74. The van der Waals surface area contributed by atoms with Crippen LogP contribution in [-0.4, -0.2) is 56.9 Å². The van der Waals surface area contributed by atoms with E-state index in [-0.39, 0.29) is 23.2 Å². The second-order valence-corrected chi connectivity index (χ2v) is 7.43. The van der Waals surface area contributed by atoms with Crippen LogP contribution in [0.25, 0.3) is 0 Å². The molecule has 1 aromatic carbocycles. The number of nitrogens with zero attached hydrogens (tertiary/aromatic N) is 4. The zero-order valence-corrected chi connectivity index (χ0v) is 17.3. The van der Waals surface area contributed by atoms with E-state index in [0.717, 1.165) is 18.5 Å². The van der Waals surface area contributed by atoms with Crippen molar-refractivity contribution in [2.24, 2.45) is 7.05 Å². The molecular weight excluding hydrogens is 403 g/mol. The fourth-order valence-corrected chi connectivity index (χ4v) is 3.74. The lowest BCUT2D eigenvalue weighted by Gasteiger charge is -2.31. The molecule has 9 nitrogen and oxygen atoms in total. The predicted molar refractivity (Wildman–Crippen MR) is 111 cm³/mol. The summed E-state index contributed by atoms with van der Waals surface area (Å²) in [5.74, 6) is -0.646. The molecule has 0 unspecified atom stereocenters. The third kappa shape index (κ3) is 4.27. The number of methoxy groups -OCH3 is 1. The van der Waals surface area contributed by atoms with Gasteiger partial charge >= 0.3 is 0 Å². The van der Waals surface area contributed by atoms with Crippen molar-refractivity contribution in [2.45, 2.75) is 18.8 Å². The van der Waals surface area contributed by atoms with Gasteiger partial charge in [-0.15, -0.1) is 5.10 Å². The van der Waals surface area contributed by atoms with E-state index in [4.69, 9.17) is 4.74 Å². The summed E-state index contributed by atoms with van der Waals surface area (Å²) in [5.41, 5.74) is 1.56. The number of benzene rings is 1. The van der Waals surface area contributed by atoms with Crippen molar-refractivity contribution in [3.8, 4) is 5.88 Å². The van der Waals surface area contributed by atoms with Gasteiger partial charge in [-0.3, -0.25) is 19.4 Å². The van der Waals surface area contributed by atoms with Crippen molar-refractivity contribution >= 4 is 17.5 Å². The van der Waals surface area contributed by atoms with E-state index < -0.39 is 11.7 Å². The second kappa shape index (κ2) is 8.58. The molecule has 0 aliphatic carbocycles. The first kappa shape index (κ1) is 20.6. The Bertz CT molecular complexity index is 1100. The number of carbonyl (C=O) groups excluding carboxylic acids is 2. The Labute approximate surface area is 178 Å². The first-order chi connectivity index (χ1) is 15.0. The van der Waals surface area contributed by atoms with Crippen LogP contribution in [0.5, 0.6) is 5.88 Å². The summed E-state index contributed by atoms with van der Waals surface area (Å²) in [6.45, 7) is 1.13. The van der Waals surface area contributed by atoms with Crippen LogP contribution in [0.2, 0.25) is 0 Å². The van der Waals surface area contributed by atoms with E-state index in [1.165, 1.54) is 19.2 Å². The van der Waals surface area contributed by atoms with E-state index in [9.17, 15) is 14.0 Å². The van der Waals surface area contributed by atoms with Gasteiger partial charge in [0.25, 0.3) is 11.8 Å². The maximum Gasteiger partial charge on any atom is 0.276 e. The summed E-state index contributed by atoms with van der Waals surface area (Å²) in [7, 11) is 3.23. The number of aryl methyl sites for hydroxylation is 1. The lowest BCUT2D eigenvalue weighted by molar-refractivity contribution is 0.0708. The van der Waals surface area contributed by atoms with Crippen LogP contribution in [0.3, 0.4) is 0 Å². The van der Waals surface area contributed by atoms with Crippen LogP contribution in [-0.2, 0) is 7.05 Å². The van der Waals surface area contributed by atoms with Crippen LogP contribution in [0.1, 0.15) is 45.3 Å². The van der Waals surface area contributed by atoms with Gasteiger partial charge in [-0.1, -0.05) is 12.1 Å². The summed E-state index contributed by atoms with van der Waals surface area (Å²) >= 11 is 0. The van der Waals surface area contributed by atoms with Gasteiger partial charge in [-0.25, -0.2) is 4.39 Å². The molecule has 0 atom stereocenters. The highest BCUT2D eigenvalue weighted by Gasteiger charge is 2.29. The molecule has 0 spiro atoms. The van der Waals surface area contributed by atoms with Gasteiger partial charge in [0.1, 0.15) is 11.4 Å². The summed E-state index contributed by atoms with van der Waals surface area (Å²) in [5, 5.41) is 13.7. The normalized spacial score (nSPS) is 14.5. The molecule has 10 heteroatoms. The number of aromatic amines is 1. The Morgan fingerprint density at radius 1 is 1.26 bits per heavy atom. The van der Waals surface area contributed by atoms with Crippen LogP contribution < -0.4 is 10.1 Å². The number of ether oxygens (including phenoxy) is 1. The number of likely N-dealkylation sites (tertiary alicyclic amines) is 1. The molecule has 1 aliphatic heterocycles. The van der Waals surface area contributed by atoms with Gasteiger partial charge in [-0.05, 0) is 31.0 Å². The Kier molecular flexibility index (Phi) is 5.70. The number of amides is 2. The predicted octanol–water partition coefficient (Wildman–Crippen LogP) is 2.56. The minimum absolute atomic E-state index is 0.106. The molecule has 2 N–H and O–H groups in total. The van der Waals surface area contributed by atoms with Crippen molar-refractivity contribution in [3.05, 3.63) is 59.3 Å².